The summed E-state index contributed by atoms with van der Waals surface area (Å²) in [6.45, 7) is 3.46. The minimum Gasteiger partial charge on any atom is -0.489 e. The number of ether oxygens (including phenoxy) is 1. The Bertz CT molecular complexity index is 587. The molecule has 0 radical (unpaired) electrons. The Hall–Kier alpha value is -1.88. The topological polar surface area (TPSA) is 42.4 Å². The molecular formula is C16H18N2O2S. The average Bonchev–Trinajstić information content (AvgIpc) is 3.04. The standard InChI is InChI=1S/C16H18N2O2S/c1-12-4-5-14(11-17-12)20-13-6-8-18(9-7-13)16(19)15-3-2-10-21-15/h2-5,10-11,13H,6-9H2,1H3. The van der Waals surface area contributed by atoms with Gasteiger partial charge in [-0.05, 0) is 30.5 Å². The number of carbonyl (C=O) groups excluding carboxylic acids is 1. The van der Waals surface area contributed by atoms with Crippen molar-refractivity contribution in [3.63, 3.8) is 0 Å². The number of likely N-dealkylation sites (tertiary alicyclic amines) is 1. The van der Waals surface area contributed by atoms with E-state index in [0.717, 1.165) is 42.3 Å². The molecule has 0 unspecified atom stereocenters. The Morgan fingerprint density at radius 3 is 2.76 bits per heavy atom. The van der Waals surface area contributed by atoms with Gasteiger partial charge in [-0.2, -0.15) is 0 Å². The Labute approximate surface area is 128 Å². The summed E-state index contributed by atoms with van der Waals surface area (Å²) in [5.74, 6) is 0.948. The van der Waals surface area contributed by atoms with E-state index in [2.05, 4.69) is 4.98 Å². The third-order valence-electron chi connectivity index (χ3n) is 3.65. The summed E-state index contributed by atoms with van der Waals surface area (Å²) in [5, 5.41) is 1.94. The van der Waals surface area contributed by atoms with Crippen molar-refractivity contribution in [1.82, 2.24) is 9.88 Å². The molecule has 0 N–H and O–H groups in total. The molecule has 0 spiro atoms. The highest BCUT2D eigenvalue weighted by Gasteiger charge is 2.25. The van der Waals surface area contributed by atoms with Crippen LogP contribution in [0.4, 0.5) is 0 Å². The molecule has 2 aromatic rings. The fourth-order valence-electron chi connectivity index (χ4n) is 2.45. The van der Waals surface area contributed by atoms with Crippen LogP contribution >= 0.6 is 11.3 Å². The fourth-order valence-corrected chi connectivity index (χ4v) is 3.14. The second-order valence-corrected chi connectivity index (χ2v) is 6.17. The maximum atomic E-state index is 12.2. The van der Waals surface area contributed by atoms with Crippen LogP contribution in [-0.2, 0) is 0 Å². The van der Waals surface area contributed by atoms with Crippen molar-refractivity contribution in [2.75, 3.05) is 13.1 Å². The van der Waals surface area contributed by atoms with Crippen molar-refractivity contribution in [3.05, 3.63) is 46.4 Å². The number of thiophene rings is 1. The first-order valence-electron chi connectivity index (χ1n) is 7.14. The van der Waals surface area contributed by atoms with E-state index in [1.54, 1.807) is 6.20 Å². The molecule has 1 saturated heterocycles. The number of pyridine rings is 1. The van der Waals surface area contributed by atoms with Crippen LogP contribution in [0.5, 0.6) is 5.75 Å². The van der Waals surface area contributed by atoms with E-state index >= 15 is 0 Å². The van der Waals surface area contributed by atoms with E-state index < -0.39 is 0 Å². The van der Waals surface area contributed by atoms with E-state index in [1.807, 2.05) is 41.5 Å². The van der Waals surface area contributed by atoms with Crippen molar-refractivity contribution >= 4 is 17.2 Å². The molecule has 2 aromatic heterocycles. The van der Waals surface area contributed by atoms with E-state index in [-0.39, 0.29) is 12.0 Å². The predicted molar refractivity (Wildman–Crippen MR) is 82.8 cm³/mol. The zero-order valence-electron chi connectivity index (χ0n) is 12.0. The average molecular weight is 302 g/mol. The largest absolute Gasteiger partial charge is 0.489 e. The molecule has 4 nitrogen and oxygen atoms in total. The lowest BCUT2D eigenvalue weighted by atomic mass is 10.1. The van der Waals surface area contributed by atoms with Gasteiger partial charge in [-0.3, -0.25) is 9.78 Å². The molecule has 3 rings (SSSR count). The molecule has 21 heavy (non-hydrogen) atoms. The minimum atomic E-state index is 0.139. The number of piperidine rings is 1. The molecule has 0 saturated carbocycles. The normalized spacial score (nSPS) is 16.0. The summed E-state index contributed by atoms with van der Waals surface area (Å²) in [4.78, 5) is 19.2. The lowest BCUT2D eigenvalue weighted by Gasteiger charge is -2.31. The third kappa shape index (κ3) is 3.42. The quantitative estimate of drug-likeness (QED) is 0.875. The lowest BCUT2D eigenvalue weighted by molar-refractivity contribution is 0.0599. The Morgan fingerprint density at radius 1 is 1.33 bits per heavy atom. The molecule has 0 atom stereocenters. The second kappa shape index (κ2) is 6.26. The molecule has 0 aliphatic carbocycles. The highest BCUT2D eigenvalue weighted by atomic mass is 32.1. The van der Waals surface area contributed by atoms with Gasteiger partial charge < -0.3 is 9.64 Å². The smallest absolute Gasteiger partial charge is 0.263 e. The molecule has 5 heteroatoms. The summed E-state index contributed by atoms with van der Waals surface area (Å²) >= 11 is 1.50. The Kier molecular flexibility index (Phi) is 4.20. The zero-order chi connectivity index (χ0) is 14.7. The number of aromatic nitrogens is 1. The number of hydrogen-bond donors (Lipinski definition) is 0. The molecule has 1 amide bonds. The highest BCUT2D eigenvalue weighted by molar-refractivity contribution is 7.12. The number of rotatable bonds is 3. The van der Waals surface area contributed by atoms with Gasteiger partial charge in [0.2, 0.25) is 0 Å². The van der Waals surface area contributed by atoms with Crippen LogP contribution in [-0.4, -0.2) is 35.0 Å². The summed E-state index contributed by atoms with van der Waals surface area (Å²) in [7, 11) is 0. The number of nitrogens with zero attached hydrogens (tertiary/aromatic N) is 2. The number of hydrogen-bond acceptors (Lipinski definition) is 4. The first kappa shape index (κ1) is 14.1. The number of aryl methyl sites for hydroxylation is 1. The monoisotopic (exact) mass is 302 g/mol. The van der Waals surface area contributed by atoms with Crippen LogP contribution in [0.15, 0.2) is 35.8 Å². The van der Waals surface area contributed by atoms with Gasteiger partial charge >= 0.3 is 0 Å². The first-order chi connectivity index (χ1) is 10.2. The van der Waals surface area contributed by atoms with Crippen molar-refractivity contribution in [1.29, 1.82) is 0 Å². The molecule has 110 valence electrons. The van der Waals surface area contributed by atoms with Gasteiger partial charge in [0.15, 0.2) is 0 Å². The van der Waals surface area contributed by atoms with Crippen LogP contribution in [0.1, 0.15) is 28.2 Å². The number of carbonyl (C=O) groups is 1. The van der Waals surface area contributed by atoms with Gasteiger partial charge in [-0.1, -0.05) is 6.07 Å². The summed E-state index contributed by atoms with van der Waals surface area (Å²) in [5.41, 5.74) is 0.985. The maximum Gasteiger partial charge on any atom is 0.263 e. The van der Waals surface area contributed by atoms with Crippen LogP contribution in [0.2, 0.25) is 0 Å². The SMILES string of the molecule is Cc1ccc(OC2CCN(C(=O)c3cccs3)CC2)cn1. The molecule has 1 aliphatic heterocycles. The van der Waals surface area contributed by atoms with Gasteiger partial charge in [-0.25, -0.2) is 0 Å². The van der Waals surface area contributed by atoms with Gasteiger partial charge in [0, 0.05) is 31.6 Å². The summed E-state index contributed by atoms with van der Waals surface area (Å²) < 4.78 is 5.93. The lowest BCUT2D eigenvalue weighted by Crippen LogP contribution is -2.41. The Balaban J connectivity index is 1.53. The van der Waals surface area contributed by atoms with E-state index in [0.29, 0.717) is 0 Å². The van der Waals surface area contributed by atoms with Crippen LogP contribution in [0, 0.1) is 6.92 Å². The van der Waals surface area contributed by atoms with Gasteiger partial charge in [0.1, 0.15) is 11.9 Å². The van der Waals surface area contributed by atoms with E-state index in [1.165, 1.54) is 11.3 Å². The Morgan fingerprint density at radius 2 is 2.14 bits per heavy atom. The van der Waals surface area contributed by atoms with Crippen molar-refractivity contribution < 1.29 is 9.53 Å². The van der Waals surface area contributed by atoms with Crippen molar-refractivity contribution in [3.8, 4) is 5.75 Å². The van der Waals surface area contributed by atoms with Crippen molar-refractivity contribution in [2.24, 2.45) is 0 Å². The van der Waals surface area contributed by atoms with Crippen LogP contribution in [0.3, 0.4) is 0 Å². The molecule has 1 fully saturated rings. The molecule has 0 aromatic carbocycles. The third-order valence-corrected chi connectivity index (χ3v) is 4.51. The predicted octanol–water partition coefficient (Wildman–Crippen LogP) is 3.14. The summed E-state index contributed by atoms with van der Waals surface area (Å²) in [6.07, 6.45) is 3.66. The molecule has 1 aliphatic rings. The van der Waals surface area contributed by atoms with E-state index in [9.17, 15) is 4.79 Å². The second-order valence-electron chi connectivity index (χ2n) is 5.22. The van der Waals surface area contributed by atoms with Gasteiger partial charge in [0.05, 0.1) is 11.1 Å². The number of amides is 1. The van der Waals surface area contributed by atoms with Crippen molar-refractivity contribution in [2.45, 2.75) is 25.9 Å². The zero-order valence-corrected chi connectivity index (χ0v) is 12.8. The van der Waals surface area contributed by atoms with Gasteiger partial charge in [0.25, 0.3) is 5.91 Å². The summed E-state index contributed by atoms with van der Waals surface area (Å²) in [6, 6.07) is 7.70. The van der Waals surface area contributed by atoms with Gasteiger partial charge in [-0.15, -0.1) is 11.3 Å². The molecule has 0 bridgehead atoms. The highest BCUT2D eigenvalue weighted by Crippen LogP contribution is 2.21. The fraction of sp³-hybridized carbons (Fsp3) is 0.375. The van der Waals surface area contributed by atoms with Crippen LogP contribution in [0.25, 0.3) is 0 Å². The minimum absolute atomic E-state index is 0.139. The van der Waals surface area contributed by atoms with E-state index in [4.69, 9.17) is 4.74 Å². The maximum absolute atomic E-state index is 12.2. The molecule has 3 heterocycles. The molecular weight excluding hydrogens is 284 g/mol. The van der Waals surface area contributed by atoms with Crippen LogP contribution < -0.4 is 4.74 Å². The first-order valence-corrected chi connectivity index (χ1v) is 8.02.